The van der Waals surface area contributed by atoms with Crippen LogP contribution < -0.4 is 4.90 Å². The second-order valence-electron chi connectivity index (χ2n) is 17.1. The lowest BCUT2D eigenvalue weighted by Crippen LogP contribution is -2.33. The maximum absolute atomic E-state index is 12.4. The van der Waals surface area contributed by atoms with Crippen LogP contribution in [0.5, 0.6) is 0 Å². The SMILES string of the molecule is COCCOCCOCC[N+]1=C(/C=C/C=C/C=C/C=C2/N(CCOCCC(=O)ON3C(=O)CCC3=O)c3ccc(S(=O)(=O)O)cc3C2(C)CCOC)C(C)(CCCS(=O)(=O)O)c2cc(S(=O)(=O)O)ccc21. The molecular formula is C47H62N3O18S3+. The van der Waals surface area contributed by atoms with Crippen LogP contribution in [0.25, 0.3) is 0 Å². The Morgan fingerprint density at radius 2 is 1.30 bits per heavy atom. The number of anilines is 1. The van der Waals surface area contributed by atoms with E-state index >= 15 is 0 Å². The van der Waals surface area contributed by atoms with Gasteiger partial charge in [0.15, 0.2) is 12.3 Å². The average Bonchev–Trinajstić information content (AvgIpc) is 3.83. The predicted octanol–water partition coefficient (Wildman–Crippen LogP) is 4.26. The van der Waals surface area contributed by atoms with E-state index in [4.69, 9.17) is 28.5 Å². The van der Waals surface area contributed by atoms with Crippen LogP contribution in [0.15, 0.2) is 94.4 Å². The molecule has 2 amide bonds. The summed E-state index contributed by atoms with van der Waals surface area (Å²) in [6, 6.07) is 8.53. The fourth-order valence-electron chi connectivity index (χ4n) is 8.63. The van der Waals surface area contributed by atoms with Crippen molar-refractivity contribution in [3.05, 3.63) is 95.8 Å². The van der Waals surface area contributed by atoms with E-state index < -0.39 is 64.7 Å². The van der Waals surface area contributed by atoms with Gasteiger partial charge in [-0.15, -0.1) is 5.06 Å². The van der Waals surface area contributed by atoms with Crippen molar-refractivity contribution in [1.82, 2.24) is 5.06 Å². The third-order valence-corrected chi connectivity index (χ3v) is 14.7. The first-order valence-electron chi connectivity index (χ1n) is 22.7. The van der Waals surface area contributed by atoms with E-state index in [0.29, 0.717) is 66.1 Å². The minimum absolute atomic E-state index is 0.0197. The zero-order chi connectivity index (χ0) is 52.0. The van der Waals surface area contributed by atoms with Crippen molar-refractivity contribution in [3.8, 4) is 0 Å². The van der Waals surface area contributed by atoms with Crippen LogP contribution in [0.2, 0.25) is 0 Å². The molecule has 0 aliphatic carbocycles. The third-order valence-electron chi connectivity index (χ3n) is 12.2. The van der Waals surface area contributed by atoms with Crippen molar-refractivity contribution in [2.75, 3.05) is 90.8 Å². The number of hydrogen-bond donors (Lipinski definition) is 3. The van der Waals surface area contributed by atoms with Gasteiger partial charge in [0.25, 0.3) is 42.2 Å². The Hall–Kier alpha value is -4.99. The van der Waals surface area contributed by atoms with E-state index in [9.17, 15) is 53.3 Å². The van der Waals surface area contributed by atoms with Gasteiger partial charge in [0.05, 0.1) is 67.0 Å². The summed E-state index contributed by atoms with van der Waals surface area (Å²) in [5, 5.41) is 0.466. The molecule has 71 heavy (non-hydrogen) atoms. The van der Waals surface area contributed by atoms with Crippen molar-refractivity contribution >= 4 is 65.2 Å². The number of carbonyl (C=O) groups is 3. The Bertz CT molecular complexity index is 2750. The van der Waals surface area contributed by atoms with Gasteiger partial charge in [-0.05, 0) is 75.1 Å². The zero-order valence-corrected chi connectivity index (χ0v) is 42.5. The van der Waals surface area contributed by atoms with Gasteiger partial charge in [-0.1, -0.05) is 30.4 Å². The highest BCUT2D eigenvalue weighted by Crippen LogP contribution is 2.51. The average molecular weight is 1050 g/mol. The highest BCUT2D eigenvalue weighted by Gasteiger charge is 2.48. The standard InChI is InChI=1S/C47H61N3O18S3/c1-46(20-10-32-69(54,55)56)37-33-35(70(57,58)59)13-15-39(37)48(23-27-66-30-31-67-29-28-64-4)41(46)11-8-6-5-7-9-12-42-47(2,21-25-63-3)38-34-36(71(60,61)62)14-16-40(38)49(42)22-26-65-24-19-45(53)68-50-43(51)17-18-44(50)52/h5-9,11-16,33-34H,10,17-32H2,1-4H3,(H2-,54,55,56,57,58,59,60,61,62)/p+1. The summed E-state index contributed by atoms with van der Waals surface area (Å²) in [5.41, 5.74) is 1.94. The molecule has 0 saturated carbocycles. The normalized spacial score (nSPS) is 20.2. The molecule has 2 unspecified atom stereocenters. The van der Waals surface area contributed by atoms with Crippen LogP contribution >= 0.6 is 0 Å². The fourth-order valence-corrected chi connectivity index (χ4v) is 10.2. The van der Waals surface area contributed by atoms with E-state index in [1.54, 1.807) is 56.7 Å². The monoisotopic (exact) mass is 1050 g/mol. The molecule has 2 atom stereocenters. The largest absolute Gasteiger partial charge is 0.385 e. The molecule has 3 aliphatic rings. The van der Waals surface area contributed by atoms with Crippen LogP contribution in [0.3, 0.4) is 0 Å². The summed E-state index contributed by atoms with van der Waals surface area (Å²) in [6.07, 6.45) is 12.7. The van der Waals surface area contributed by atoms with Gasteiger partial charge in [-0.3, -0.25) is 23.2 Å². The summed E-state index contributed by atoms with van der Waals surface area (Å²) < 4.78 is 132. The lowest BCUT2D eigenvalue weighted by Gasteiger charge is -2.30. The molecule has 3 heterocycles. The molecule has 21 nitrogen and oxygen atoms in total. The first kappa shape index (κ1) is 56.9. The van der Waals surface area contributed by atoms with Crippen molar-refractivity contribution in [2.45, 2.75) is 73.0 Å². The van der Waals surface area contributed by atoms with Gasteiger partial charge < -0.3 is 33.4 Å². The van der Waals surface area contributed by atoms with Gasteiger partial charge >= 0.3 is 5.97 Å². The number of carbonyl (C=O) groups excluding carboxylic acids is 3. The molecule has 0 bridgehead atoms. The molecule has 390 valence electrons. The molecule has 5 rings (SSSR count). The Labute approximate surface area is 414 Å². The summed E-state index contributed by atoms with van der Waals surface area (Å²) in [4.78, 5) is 42.3. The predicted molar refractivity (Wildman–Crippen MR) is 258 cm³/mol. The van der Waals surface area contributed by atoms with Crippen LogP contribution in [0.4, 0.5) is 11.4 Å². The quantitative estimate of drug-likeness (QED) is 0.0337. The van der Waals surface area contributed by atoms with Crippen molar-refractivity contribution < 1.29 is 86.4 Å². The number of benzene rings is 2. The Morgan fingerprint density at radius 1 is 0.704 bits per heavy atom. The minimum atomic E-state index is -4.62. The van der Waals surface area contributed by atoms with Gasteiger partial charge in [-0.25, -0.2) is 4.79 Å². The number of ether oxygens (including phenoxy) is 5. The molecule has 2 aromatic carbocycles. The first-order valence-corrected chi connectivity index (χ1v) is 27.2. The van der Waals surface area contributed by atoms with Crippen molar-refractivity contribution in [2.24, 2.45) is 0 Å². The second-order valence-corrected chi connectivity index (χ2v) is 21.5. The number of hydroxylamine groups is 2. The zero-order valence-electron chi connectivity index (χ0n) is 40.1. The van der Waals surface area contributed by atoms with Crippen molar-refractivity contribution in [1.29, 1.82) is 0 Å². The lowest BCUT2D eigenvalue weighted by molar-refractivity contribution is -0.442. The van der Waals surface area contributed by atoms with Crippen LogP contribution in [0, 0.1) is 0 Å². The maximum atomic E-state index is 12.4. The second kappa shape index (κ2) is 25.1. The Morgan fingerprint density at radius 3 is 1.94 bits per heavy atom. The topological polar surface area (TPSA) is 279 Å². The van der Waals surface area contributed by atoms with E-state index in [1.165, 1.54) is 24.3 Å². The number of nitrogens with zero attached hydrogens (tertiary/aromatic N) is 3. The number of amides is 2. The number of rotatable bonds is 29. The summed E-state index contributed by atoms with van der Waals surface area (Å²) in [6.45, 7) is 6.24. The minimum Gasteiger partial charge on any atom is -0.385 e. The number of allylic oxidation sites excluding steroid dienone is 8. The van der Waals surface area contributed by atoms with Crippen LogP contribution in [-0.2, 0) is 84.1 Å². The molecule has 2 aromatic rings. The van der Waals surface area contributed by atoms with Gasteiger partial charge in [0.1, 0.15) is 6.61 Å². The molecule has 0 spiro atoms. The van der Waals surface area contributed by atoms with Gasteiger partial charge in [-0.2, -0.15) is 29.8 Å². The molecule has 1 saturated heterocycles. The maximum Gasteiger partial charge on any atom is 0.335 e. The molecule has 1 fully saturated rings. The third kappa shape index (κ3) is 15.0. The molecule has 3 aliphatic heterocycles. The summed E-state index contributed by atoms with van der Waals surface area (Å²) >= 11 is 0. The number of imide groups is 1. The molecule has 0 aromatic heterocycles. The number of hydrogen-bond acceptors (Lipinski definition) is 16. The smallest absolute Gasteiger partial charge is 0.335 e. The molecule has 0 radical (unpaired) electrons. The number of fused-ring (bicyclic) bond motifs is 2. The van der Waals surface area contributed by atoms with Crippen LogP contribution in [0.1, 0.15) is 63.5 Å². The highest BCUT2D eigenvalue weighted by molar-refractivity contribution is 7.86. The first-order chi connectivity index (χ1) is 33.5. The van der Waals surface area contributed by atoms with E-state index in [-0.39, 0.29) is 81.5 Å². The van der Waals surface area contributed by atoms with Gasteiger partial charge in [0.2, 0.25) is 5.69 Å². The summed E-state index contributed by atoms with van der Waals surface area (Å²) in [5.74, 6) is -2.55. The van der Waals surface area contributed by atoms with Gasteiger partial charge in [0, 0.05) is 74.7 Å². The molecule has 24 heteroatoms. The fraction of sp³-hybridized carbons (Fsp3) is 0.489. The summed E-state index contributed by atoms with van der Waals surface area (Å²) in [7, 11) is -10.4. The van der Waals surface area contributed by atoms with Crippen molar-refractivity contribution in [3.63, 3.8) is 0 Å². The lowest BCUT2D eigenvalue weighted by atomic mass is 9.76. The van der Waals surface area contributed by atoms with E-state index in [2.05, 4.69) is 0 Å². The highest BCUT2D eigenvalue weighted by atomic mass is 32.2. The molecule has 3 N–H and O–H groups in total. The molecular weight excluding hydrogens is 991 g/mol. The Kier molecular flexibility index (Phi) is 20.1. The van der Waals surface area contributed by atoms with E-state index in [0.717, 1.165) is 5.70 Å². The van der Waals surface area contributed by atoms with E-state index in [1.807, 2.05) is 35.5 Å². The Balaban J connectivity index is 1.41. The number of methoxy groups -OCH3 is 2. The van der Waals surface area contributed by atoms with Crippen LogP contribution in [-0.4, -0.2) is 158 Å².